The number of piperidine rings is 1. The zero-order chi connectivity index (χ0) is 31.2. The van der Waals surface area contributed by atoms with Crippen molar-refractivity contribution in [2.75, 3.05) is 26.8 Å². The molecule has 2 aromatic carbocycles. The normalized spacial score (nSPS) is 25.3. The van der Waals surface area contributed by atoms with Gasteiger partial charge in [-0.2, -0.15) is 0 Å². The number of carbonyl (C=O) groups is 5. The SMILES string of the molecule is COc1cc(C(=O)O[C@@H](C(=O)N/C(C(=O)NCC(C)=O)=C2\[C@@H](OC(C)=O)[C@H](O)[C@@H]3CN23)[C@]2(C)CO2)c2cccc(C)c2c1. The van der Waals surface area contributed by atoms with Gasteiger partial charge in [-0.15, -0.1) is 0 Å². The van der Waals surface area contributed by atoms with Crippen LogP contribution < -0.4 is 15.4 Å². The summed E-state index contributed by atoms with van der Waals surface area (Å²) < 4.78 is 22.0. The van der Waals surface area contributed by atoms with Crippen LogP contribution in [0.2, 0.25) is 0 Å². The van der Waals surface area contributed by atoms with E-state index < -0.39 is 53.7 Å². The monoisotopic (exact) mass is 595 g/mol. The van der Waals surface area contributed by atoms with Crippen molar-refractivity contribution < 1.29 is 48.0 Å². The van der Waals surface area contributed by atoms with E-state index in [4.69, 9.17) is 18.9 Å². The van der Waals surface area contributed by atoms with Gasteiger partial charge in [-0.25, -0.2) is 4.79 Å². The maximum Gasteiger partial charge on any atom is 0.339 e. The number of fused-ring (bicyclic) bond motifs is 2. The van der Waals surface area contributed by atoms with Gasteiger partial charge in [0.25, 0.3) is 11.8 Å². The van der Waals surface area contributed by atoms with Gasteiger partial charge in [0.1, 0.15) is 28.9 Å². The van der Waals surface area contributed by atoms with Gasteiger partial charge in [0.2, 0.25) is 6.10 Å². The van der Waals surface area contributed by atoms with Crippen molar-refractivity contribution >= 4 is 40.3 Å². The van der Waals surface area contributed by atoms with E-state index in [1.54, 1.807) is 30.0 Å². The fourth-order valence-electron chi connectivity index (χ4n) is 5.25. The minimum absolute atomic E-state index is 0.0725. The summed E-state index contributed by atoms with van der Waals surface area (Å²) in [4.78, 5) is 65.8. The second kappa shape index (κ2) is 11.3. The number of ether oxygens (including phenoxy) is 4. The highest BCUT2D eigenvalue weighted by atomic mass is 16.6. The van der Waals surface area contributed by atoms with E-state index >= 15 is 0 Å². The highest BCUT2D eigenvalue weighted by Gasteiger charge is 2.59. The summed E-state index contributed by atoms with van der Waals surface area (Å²) in [6.45, 7) is 6.03. The highest BCUT2D eigenvalue weighted by molar-refractivity contribution is 6.07. The smallest absolute Gasteiger partial charge is 0.339 e. The van der Waals surface area contributed by atoms with Gasteiger partial charge in [0, 0.05) is 13.5 Å². The van der Waals surface area contributed by atoms with Crippen LogP contribution in [0.25, 0.3) is 10.8 Å². The van der Waals surface area contributed by atoms with Crippen molar-refractivity contribution in [3.63, 3.8) is 0 Å². The van der Waals surface area contributed by atoms with Crippen LogP contribution in [0.3, 0.4) is 0 Å². The summed E-state index contributed by atoms with van der Waals surface area (Å²) >= 11 is 0. The molecular weight excluding hydrogens is 562 g/mol. The standard InChI is InChI=1S/C30H33N3O10/c1-14-7-6-8-18-19(14)9-17(40-5)10-20(18)29(39)43-26(30(4)13-41-30)28(38)32-22(27(37)31-11-15(2)34)23-25(42-16(3)35)24(36)21-12-33(21)23/h6-10,21,24-26,36H,11-13H2,1-5H3,(H,31,37)(H,32,38)/b23-22+/t21-,24+,25+,26-,30-,33?/m0/s1. The Morgan fingerprint density at radius 1 is 1.16 bits per heavy atom. The number of Topliss-reactive ketones (excluding diaryl/α,β-unsaturated/α-hetero) is 1. The van der Waals surface area contributed by atoms with Gasteiger partial charge in [-0.05, 0) is 49.2 Å². The number of aliphatic hydroxyl groups is 1. The first kappa shape index (κ1) is 30.0. The van der Waals surface area contributed by atoms with E-state index in [-0.39, 0.29) is 35.9 Å². The Bertz CT molecular complexity index is 1560. The number of hydrogen-bond donors (Lipinski definition) is 3. The zero-order valence-electron chi connectivity index (χ0n) is 24.4. The second-order valence-electron chi connectivity index (χ2n) is 11.1. The summed E-state index contributed by atoms with van der Waals surface area (Å²) in [5, 5.41) is 17.0. The Morgan fingerprint density at radius 2 is 1.88 bits per heavy atom. The van der Waals surface area contributed by atoms with Crippen LogP contribution in [0.4, 0.5) is 0 Å². The van der Waals surface area contributed by atoms with E-state index in [0.717, 1.165) is 17.9 Å². The summed E-state index contributed by atoms with van der Waals surface area (Å²) in [6.07, 6.45) is -3.89. The molecule has 3 heterocycles. The zero-order valence-corrected chi connectivity index (χ0v) is 24.4. The van der Waals surface area contributed by atoms with E-state index in [2.05, 4.69) is 10.6 Å². The lowest BCUT2D eigenvalue weighted by Gasteiger charge is -2.25. The molecule has 13 heteroatoms. The molecular formula is C30H33N3O10. The molecule has 228 valence electrons. The summed E-state index contributed by atoms with van der Waals surface area (Å²) in [6, 6.07) is 8.33. The number of nitrogens with zero attached hydrogens (tertiary/aromatic N) is 1. The first-order chi connectivity index (χ1) is 20.3. The Labute approximate surface area is 247 Å². The fourth-order valence-corrected chi connectivity index (χ4v) is 5.25. The van der Waals surface area contributed by atoms with Crippen molar-refractivity contribution in [2.24, 2.45) is 0 Å². The molecule has 0 aromatic heterocycles. The maximum absolute atomic E-state index is 13.8. The molecule has 3 aliphatic heterocycles. The Morgan fingerprint density at radius 3 is 2.51 bits per heavy atom. The molecule has 0 aliphatic carbocycles. The quantitative estimate of drug-likeness (QED) is 0.198. The van der Waals surface area contributed by atoms with Crippen LogP contribution in [0, 0.1) is 6.92 Å². The molecule has 3 fully saturated rings. The molecule has 2 aromatic rings. The summed E-state index contributed by atoms with van der Waals surface area (Å²) in [7, 11) is 1.47. The summed E-state index contributed by atoms with van der Waals surface area (Å²) in [5.41, 5.74) is -0.395. The molecule has 0 spiro atoms. The van der Waals surface area contributed by atoms with Crippen molar-refractivity contribution in [2.45, 2.75) is 57.6 Å². The van der Waals surface area contributed by atoms with Gasteiger partial charge in [-0.3, -0.25) is 19.2 Å². The van der Waals surface area contributed by atoms with E-state index in [0.29, 0.717) is 17.7 Å². The van der Waals surface area contributed by atoms with E-state index in [1.165, 1.54) is 20.1 Å². The minimum atomic E-state index is -1.51. The molecule has 3 aliphatic rings. The molecule has 3 saturated heterocycles. The number of ketones is 1. The number of nitrogens with one attached hydrogen (secondary N) is 2. The molecule has 0 radical (unpaired) electrons. The lowest BCUT2D eigenvalue weighted by atomic mass is 9.99. The van der Waals surface area contributed by atoms with Gasteiger partial charge < -0.3 is 39.6 Å². The maximum atomic E-state index is 13.8. The van der Waals surface area contributed by atoms with Crippen LogP contribution in [0.5, 0.6) is 5.75 Å². The van der Waals surface area contributed by atoms with Gasteiger partial charge >= 0.3 is 11.9 Å². The third-order valence-corrected chi connectivity index (χ3v) is 7.72. The van der Waals surface area contributed by atoms with E-state index in [9.17, 15) is 29.1 Å². The number of hydrogen-bond acceptors (Lipinski definition) is 11. The average molecular weight is 596 g/mol. The lowest BCUT2D eigenvalue weighted by Crippen LogP contribution is -2.49. The predicted molar refractivity (Wildman–Crippen MR) is 150 cm³/mol. The number of carbonyl (C=O) groups excluding carboxylic acids is 5. The average Bonchev–Trinajstić information content (AvgIpc) is 3.88. The molecule has 0 bridgehead atoms. The number of esters is 2. The number of rotatable bonds is 10. The Balaban J connectivity index is 1.49. The molecule has 0 saturated carbocycles. The number of methoxy groups -OCH3 is 1. The first-order valence-electron chi connectivity index (χ1n) is 13.7. The second-order valence-corrected chi connectivity index (χ2v) is 11.1. The van der Waals surface area contributed by atoms with Gasteiger partial charge in [0.05, 0.1) is 37.6 Å². The molecule has 5 atom stereocenters. The molecule has 2 amide bonds. The van der Waals surface area contributed by atoms with Crippen LogP contribution in [-0.2, 0) is 33.4 Å². The van der Waals surface area contributed by atoms with Crippen LogP contribution in [0.1, 0.15) is 36.7 Å². The Hall–Kier alpha value is -4.49. The number of aliphatic hydroxyl groups excluding tert-OH is 1. The van der Waals surface area contributed by atoms with Crippen molar-refractivity contribution in [1.82, 2.24) is 15.5 Å². The molecule has 43 heavy (non-hydrogen) atoms. The largest absolute Gasteiger partial charge is 0.497 e. The predicted octanol–water partition coefficient (Wildman–Crippen LogP) is 0.495. The number of amides is 2. The van der Waals surface area contributed by atoms with Crippen molar-refractivity contribution in [3.05, 3.63) is 52.9 Å². The molecule has 0 unspecified atom stereocenters. The van der Waals surface area contributed by atoms with Crippen molar-refractivity contribution in [1.29, 1.82) is 0 Å². The van der Waals surface area contributed by atoms with Crippen LogP contribution in [-0.4, -0.2) is 96.3 Å². The Kier molecular flexibility index (Phi) is 7.88. The molecule has 13 nitrogen and oxygen atoms in total. The third-order valence-electron chi connectivity index (χ3n) is 7.72. The number of benzene rings is 2. The summed E-state index contributed by atoms with van der Waals surface area (Å²) in [5.74, 6) is -3.19. The van der Waals surface area contributed by atoms with Crippen LogP contribution in [0.15, 0.2) is 41.7 Å². The molecule has 3 N–H and O–H groups in total. The van der Waals surface area contributed by atoms with Crippen molar-refractivity contribution in [3.8, 4) is 5.75 Å². The topological polar surface area (TPSA) is 173 Å². The fraction of sp³-hybridized carbons (Fsp3) is 0.433. The first-order valence-corrected chi connectivity index (χ1v) is 13.7. The van der Waals surface area contributed by atoms with Gasteiger partial charge in [-0.1, -0.05) is 18.2 Å². The van der Waals surface area contributed by atoms with Gasteiger partial charge in [0.15, 0.2) is 6.10 Å². The minimum Gasteiger partial charge on any atom is -0.497 e. The van der Waals surface area contributed by atoms with E-state index in [1.807, 2.05) is 13.0 Å². The number of aryl methyl sites for hydroxylation is 1. The van der Waals surface area contributed by atoms with Crippen LogP contribution >= 0.6 is 0 Å². The third kappa shape index (κ3) is 5.90. The highest BCUT2D eigenvalue weighted by Crippen LogP contribution is 2.42. The molecule has 5 rings (SSSR count). The lowest BCUT2D eigenvalue weighted by molar-refractivity contribution is -0.148. The number of epoxide rings is 1.